The summed E-state index contributed by atoms with van der Waals surface area (Å²) in [5, 5.41) is 12.4. The lowest BCUT2D eigenvalue weighted by molar-refractivity contribution is -0.151. The molecule has 2 amide bonds. The normalized spacial score (nSPS) is 24.3. The zero-order valence-electron chi connectivity index (χ0n) is 19.8. The molecule has 5 unspecified atom stereocenters. The van der Waals surface area contributed by atoms with Gasteiger partial charge in [-0.2, -0.15) is 0 Å². The number of fused-ring (bicyclic) bond motifs is 4. The van der Waals surface area contributed by atoms with Crippen LogP contribution in [0.15, 0.2) is 48.5 Å². The minimum absolute atomic E-state index is 0.0530. The lowest BCUT2D eigenvalue weighted by Crippen LogP contribution is -2.51. The number of likely N-dealkylation sites (tertiary alicyclic amines) is 1. The Labute approximate surface area is 204 Å². The number of hydrogen-bond acceptors (Lipinski definition) is 5. The molecule has 3 aliphatic rings. The van der Waals surface area contributed by atoms with Gasteiger partial charge in [0.25, 0.3) is 0 Å². The number of rotatable bonds is 6. The number of amides is 2. The summed E-state index contributed by atoms with van der Waals surface area (Å²) in [5.74, 6) is -1.98. The molecule has 5 rings (SSSR count). The van der Waals surface area contributed by atoms with E-state index < -0.39 is 30.1 Å². The first-order valence-corrected chi connectivity index (χ1v) is 12.1. The second-order valence-corrected chi connectivity index (χ2v) is 9.65. The Morgan fingerprint density at radius 2 is 1.71 bits per heavy atom. The maximum Gasteiger partial charge on any atom is 0.407 e. The molecule has 2 aliphatic heterocycles. The van der Waals surface area contributed by atoms with Crippen LogP contribution in [0, 0.1) is 5.92 Å². The van der Waals surface area contributed by atoms with Crippen LogP contribution in [0.1, 0.15) is 43.7 Å². The maximum atomic E-state index is 13.3. The average Bonchev–Trinajstić information content (AvgIpc) is 3.53. The van der Waals surface area contributed by atoms with Crippen molar-refractivity contribution in [2.24, 2.45) is 5.92 Å². The molecule has 184 valence electrons. The third-order valence-corrected chi connectivity index (χ3v) is 7.69. The fourth-order valence-electron chi connectivity index (χ4n) is 5.68. The number of carboxylic acids is 1. The molecule has 0 saturated carbocycles. The van der Waals surface area contributed by atoms with Crippen LogP contribution in [-0.2, 0) is 19.1 Å². The van der Waals surface area contributed by atoms with E-state index in [-0.39, 0.29) is 30.6 Å². The van der Waals surface area contributed by atoms with Gasteiger partial charge >= 0.3 is 12.1 Å². The van der Waals surface area contributed by atoms with Crippen molar-refractivity contribution in [3.8, 4) is 11.1 Å². The Kier molecular flexibility index (Phi) is 6.23. The van der Waals surface area contributed by atoms with Crippen LogP contribution in [-0.4, -0.2) is 65.4 Å². The highest BCUT2D eigenvalue weighted by molar-refractivity contribution is 5.87. The molecule has 2 heterocycles. The van der Waals surface area contributed by atoms with Crippen molar-refractivity contribution >= 4 is 18.0 Å². The predicted molar refractivity (Wildman–Crippen MR) is 128 cm³/mol. The number of carboxylic acid groups (broad SMARTS) is 1. The van der Waals surface area contributed by atoms with E-state index in [2.05, 4.69) is 29.6 Å². The van der Waals surface area contributed by atoms with Gasteiger partial charge in [0.1, 0.15) is 12.6 Å². The molecular weight excluding hydrogens is 448 g/mol. The summed E-state index contributed by atoms with van der Waals surface area (Å²) >= 11 is 0. The van der Waals surface area contributed by atoms with Crippen LogP contribution >= 0.6 is 0 Å². The Balaban J connectivity index is 1.21. The Bertz CT molecular complexity index is 1100. The fraction of sp³-hybridized carbons (Fsp3) is 0.444. The predicted octanol–water partition coefficient (Wildman–Crippen LogP) is 3.39. The molecule has 2 fully saturated rings. The van der Waals surface area contributed by atoms with Crippen LogP contribution < -0.4 is 5.32 Å². The fourth-order valence-corrected chi connectivity index (χ4v) is 5.68. The van der Waals surface area contributed by atoms with Crippen molar-refractivity contribution in [2.45, 2.75) is 56.8 Å². The summed E-state index contributed by atoms with van der Waals surface area (Å²) < 4.78 is 11.2. The van der Waals surface area contributed by atoms with Crippen molar-refractivity contribution < 1.29 is 29.0 Å². The van der Waals surface area contributed by atoms with Crippen LogP contribution in [0.3, 0.4) is 0 Å². The van der Waals surface area contributed by atoms with Crippen molar-refractivity contribution in [1.29, 1.82) is 0 Å². The standard InChI is InChI=1S/C27H30N2O6/c1-15(25(30)29-22-11-12-34-24(22)13-23(29)26(31)32)16(2)28-27(33)35-14-21-19-9-5-3-7-17(19)18-8-4-6-10-20(18)21/h3-10,15-16,21-24H,11-14H2,1-2H3,(H,28,33)(H,31,32). The van der Waals surface area contributed by atoms with Gasteiger partial charge in [0.15, 0.2) is 0 Å². The van der Waals surface area contributed by atoms with E-state index in [1.165, 1.54) is 4.90 Å². The maximum absolute atomic E-state index is 13.3. The van der Waals surface area contributed by atoms with Gasteiger partial charge in [-0.3, -0.25) is 4.79 Å². The Morgan fingerprint density at radius 3 is 2.34 bits per heavy atom. The molecule has 5 atom stereocenters. The first kappa shape index (κ1) is 23.4. The molecule has 35 heavy (non-hydrogen) atoms. The van der Waals surface area contributed by atoms with Crippen molar-refractivity contribution in [3.63, 3.8) is 0 Å². The molecule has 0 radical (unpaired) electrons. The highest BCUT2D eigenvalue weighted by atomic mass is 16.5. The second-order valence-electron chi connectivity index (χ2n) is 9.65. The van der Waals surface area contributed by atoms with E-state index in [1.54, 1.807) is 13.8 Å². The molecule has 0 spiro atoms. The van der Waals surface area contributed by atoms with Gasteiger partial charge in [-0.1, -0.05) is 55.5 Å². The molecule has 8 nitrogen and oxygen atoms in total. The first-order chi connectivity index (χ1) is 16.9. The van der Waals surface area contributed by atoms with Gasteiger partial charge in [-0.25, -0.2) is 9.59 Å². The van der Waals surface area contributed by atoms with E-state index in [1.807, 2.05) is 24.3 Å². The zero-order chi connectivity index (χ0) is 24.7. The van der Waals surface area contributed by atoms with Gasteiger partial charge in [0.2, 0.25) is 5.91 Å². The first-order valence-electron chi connectivity index (χ1n) is 12.1. The number of nitrogens with one attached hydrogen (secondary N) is 1. The number of hydrogen-bond donors (Lipinski definition) is 2. The molecule has 2 aromatic rings. The SMILES string of the molecule is CC(NC(=O)OCC1c2ccccc2-c2ccccc21)C(C)C(=O)N1C(C(=O)O)CC2OCCC21. The van der Waals surface area contributed by atoms with Gasteiger partial charge in [-0.05, 0) is 35.6 Å². The monoisotopic (exact) mass is 478 g/mol. The topological polar surface area (TPSA) is 105 Å². The number of carbonyl (C=O) groups is 3. The van der Waals surface area contributed by atoms with Crippen LogP contribution in [0.5, 0.6) is 0 Å². The van der Waals surface area contributed by atoms with E-state index in [9.17, 15) is 19.5 Å². The third kappa shape index (κ3) is 4.16. The molecule has 2 saturated heterocycles. The summed E-state index contributed by atoms with van der Waals surface area (Å²) in [7, 11) is 0. The quantitative estimate of drug-likeness (QED) is 0.660. The van der Waals surface area contributed by atoms with Crippen LogP contribution in [0.25, 0.3) is 11.1 Å². The smallest absolute Gasteiger partial charge is 0.407 e. The molecule has 0 bridgehead atoms. The summed E-state index contributed by atoms with van der Waals surface area (Å²) in [6, 6.07) is 14.6. The van der Waals surface area contributed by atoms with Gasteiger partial charge in [-0.15, -0.1) is 0 Å². The molecular formula is C27H30N2O6. The minimum Gasteiger partial charge on any atom is -0.480 e. The molecule has 2 N–H and O–H groups in total. The minimum atomic E-state index is -1.03. The summed E-state index contributed by atoms with van der Waals surface area (Å²) in [4.78, 5) is 39.2. The van der Waals surface area contributed by atoms with Crippen molar-refractivity contribution in [2.75, 3.05) is 13.2 Å². The van der Waals surface area contributed by atoms with Gasteiger partial charge in [0, 0.05) is 25.0 Å². The van der Waals surface area contributed by atoms with E-state index >= 15 is 0 Å². The number of benzene rings is 2. The Hall–Kier alpha value is -3.39. The summed E-state index contributed by atoms with van der Waals surface area (Å²) in [5.41, 5.74) is 4.55. The van der Waals surface area contributed by atoms with Crippen LogP contribution in [0.4, 0.5) is 4.79 Å². The van der Waals surface area contributed by atoms with E-state index in [4.69, 9.17) is 9.47 Å². The molecule has 8 heteroatoms. The number of nitrogens with zero attached hydrogens (tertiary/aromatic N) is 1. The van der Waals surface area contributed by atoms with Crippen molar-refractivity contribution in [1.82, 2.24) is 10.2 Å². The number of aliphatic carboxylic acids is 1. The number of alkyl carbamates (subject to hydrolysis) is 1. The largest absolute Gasteiger partial charge is 0.480 e. The van der Waals surface area contributed by atoms with Gasteiger partial charge < -0.3 is 24.8 Å². The molecule has 0 aromatic heterocycles. The number of carbonyl (C=O) groups excluding carboxylic acids is 2. The average molecular weight is 479 g/mol. The lowest BCUT2D eigenvalue weighted by Gasteiger charge is -2.31. The molecule has 1 aliphatic carbocycles. The van der Waals surface area contributed by atoms with Crippen LogP contribution in [0.2, 0.25) is 0 Å². The Morgan fingerprint density at radius 1 is 1.09 bits per heavy atom. The van der Waals surface area contributed by atoms with Crippen molar-refractivity contribution in [3.05, 3.63) is 59.7 Å². The highest BCUT2D eigenvalue weighted by Gasteiger charge is 2.51. The lowest BCUT2D eigenvalue weighted by atomic mass is 9.98. The second kappa shape index (κ2) is 9.34. The number of ether oxygens (including phenoxy) is 2. The summed E-state index contributed by atoms with van der Waals surface area (Å²) in [6.45, 7) is 4.15. The zero-order valence-corrected chi connectivity index (χ0v) is 19.8. The third-order valence-electron chi connectivity index (χ3n) is 7.69. The van der Waals surface area contributed by atoms with Gasteiger partial charge in [0.05, 0.1) is 18.1 Å². The molecule has 2 aromatic carbocycles. The summed E-state index contributed by atoms with van der Waals surface area (Å²) in [6.07, 6.45) is 0.0863. The highest BCUT2D eigenvalue weighted by Crippen LogP contribution is 2.44. The van der Waals surface area contributed by atoms with E-state index in [0.717, 1.165) is 22.3 Å². The van der Waals surface area contributed by atoms with E-state index in [0.29, 0.717) is 19.4 Å².